The molecule has 31 heavy (non-hydrogen) atoms. The van der Waals surface area contributed by atoms with Crippen LogP contribution in [-0.4, -0.2) is 63.3 Å². The van der Waals surface area contributed by atoms with E-state index in [1.165, 1.54) is 31.3 Å². The molecular formula is C22H23N5O3S. The number of sulfonamides is 1. The molecule has 1 amide bonds. The van der Waals surface area contributed by atoms with Gasteiger partial charge in [0.25, 0.3) is 0 Å². The number of hydrogen-bond acceptors (Lipinski definition) is 6. The van der Waals surface area contributed by atoms with Crippen molar-refractivity contribution in [3.63, 3.8) is 0 Å². The number of hydrogen-bond donors (Lipinski definition) is 0. The topological polar surface area (TPSA) is 109 Å². The third kappa shape index (κ3) is 5.21. The minimum atomic E-state index is -3.83. The van der Waals surface area contributed by atoms with Crippen molar-refractivity contribution in [2.45, 2.75) is 11.3 Å². The van der Waals surface area contributed by atoms with Crippen LogP contribution in [0.15, 0.2) is 53.4 Å². The normalized spacial score (nSPS) is 14.6. The van der Waals surface area contributed by atoms with Gasteiger partial charge >= 0.3 is 0 Å². The molecule has 160 valence electrons. The van der Waals surface area contributed by atoms with Crippen molar-refractivity contribution in [1.82, 2.24) is 9.21 Å². The fraction of sp³-hybridized carbons (Fsp3) is 0.318. The summed E-state index contributed by atoms with van der Waals surface area (Å²) in [5, 5.41) is 17.8. The Labute approximate surface area is 182 Å². The van der Waals surface area contributed by atoms with E-state index in [1.54, 1.807) is 17.0 Å². The fourth-order valence-electron chi connectivity index (χ4n) is 3.43. The molecule has 0 radical (unpaired) electrons. The lowest BCUT2D eigenvalue weighted by Gasteiger charge is -2.25. The van der Waals surface area contributed by atoms with Crippen LogP contribution < -0.4 is 4.90 Å². The smallest absolute Gasteiger partial charge is 0.243 e. The number of nitriles is 2. The summed E-state index contributed by atoms with van der Waals surface area (Å²) in [6.07, 6.45) is 0.762. The van der Waals surface area contributed by atoms with Gasteiger partial charge in [0.15, 0.2) is 0 Å². The van der Waals surface area contributed by atoms with E-state index in [9.17, 15) is 13.2 Å². The monoisotopic (exact) mass is 437 g/mol. The van der Waals surface area contributed by atoms with Gasteiger partial charge in [-0.1, -0.05) is 0 Å². The molecule has 3 rings (SSSR count). The molecule has 0 aromatic heterocycles. The summed E-state index contributed by atoms with van der Waals surface area (Å²) in [5.41, 5.74) is 1.96. The second kappa shape index (κ2) is 9.61. The number of carbonyl (C=O) groups excluding carboxylic acids is 1. The van der Waals surface area contributed by atoms with Crippen molar-refractivity contribution in [3.8, 4) is 12.1 Å². The van der Waals surface area contributed by atoms with Crippen LogP contribution in [0.1, 0.15) is 17.5 Å². The first kappa shape index (κ1) is 22.3. The second-order valence-electron chi connectivity index (χ2n) is 7.28. The van der Waals surface area contributed by atoms with E-state index in [1.807, 2.05) is 18.2 Å². The van der Waals surface area contributed by atoms with Gasteiger partial charge in [-0.15, -0.1) is 0 Å². The standard InChI is InChI=1S/C22H23N5O3S/c1-25(31(29,30)21-9-5-19(16-24)6-10-21)17-22(28)27-12-2-11-26(13-14-27)20-7-3-18(15-23)4-8-20/h3-10H,2,11-14,17H2,1H3. The molecule has 2 aromatic rings. The molecule has 0 atom stereocenters. The summed E-state index contributed by atoms with van der Waals surface area (Å²) in [6, 6.07) is 17.0. The van der Waals surface area contributed by atoms with E-state index < -0.39 is 10.0 Å². The van der Waals surface area contributed by atoms with Crippen molar-refractivity contribution in [2.24, 2.45) is 0 Å². The van der Waals surface area contributed by atoms with Crippen LogP contribution in [0.5, 0.6) is 0 Å². The molecule has 8 nitrogen and oxygen atoms in total. The third-order valence-electron chi connectivity index (χ3n) is 5.26. The van der Waals surface area contributed by atoms with Crippen molar-refractivity contribution < 1.29 is 13.2 Å². The van der Waals surface area contributed by atoms with Crippen molar-refractivity contribution in [1.29, 1.82) is 10.5 Å². The van der Waals surface area contributed by atoms with Gasteiger partial charge in [-0.25, -0.2) is 8.42 Å². The Kier molecular flexibility index (Phi) is 6.91. The molecule has 1 aliphatic rings. The maximum absolute atomic E-state index is 12.8. The van der Waals surface area contributed by atoms with E-state index >= 15 is 0 Å². The molecule has 2 aromatic carbocycles. The van der Waals surface area contributed by atoms with Gasteiger partial charge in [0, 0.05) is 38.9 Å². The Hall–Kier alpha value is -3.40. The molecule has 0 saturated carbocycles. The van der Waals surface area contributed by atoms with E-state index in [2.05, 4.69) is 11.0 Å². The van der Waals surface area contributed by atoms with Crippen LogP contribution in [-0.2, 0) is 14.8 Å². The zero-order valence-corrected chi connectivity index (χ0v) is 18.0. The molecule has 1 saturated heterocycles. The molecule has 9 heteroatoms. The largest absolute Gasteiger partial charge is 0.370 e. The Balaban J connectivity index is 1.62. The Morgan fingerprint density at radius 3 is 2.10 bits per heavy atom. The second-order valence-corrected chi connectivity index (χ2v) is 9.32. The number of anilines is 1. The predicted octanol–water partition coefficient (Wildman–Crippen LogP) is 1.79. The minimum absolute atomic E-state index is 0.0460. The zero-order valence-electron chi connectivity index (χ0n) is 17.2. The first-order valence-corrected chi connectivity index (χ1v) is 11.3. The Morgan fingerprint density at radius 1 is 0.935 bits per heavy atom. The van der Waals surface area contributed by atoms with Crippen LogP contribution in [0.25, 0.3) is 0 Å². The molecule has 0 spiro atoms. The van der Waals surface area contributed by atoms with Gasteiger partial charge < -0.3 is 9.80 Å². The highest BCUT2D eigenvalue weighted by Gasteiger charge is 2.26. The van der Waals surface area contributed by atoms with Crippen LogP contribution in [0.4, 0.5) is 5.69 Å². The van der Waals surface area contributed by atoms with Crippen molar-refractivity contribution >= 4 is 21.6 Å². The Bertz CT molecular complexity index is 1120. The van der Waals surface area contributed by atoms with Gasteiger partial charge in [-0.3, -0.25) is 4.79 Å². The van der Waals surface area contributed by atoms with Crippen LogP contribution in [0, 0.1) is 22.7 Å². The van der Waals surface area contributed by atoms with Crippen LogP contribution in [0.3, 0.4) is 0 Å². The highest BCUT2D eigenvalue weighted by molar-refractivity contribution is 7.89. The van der Waals surface area contributed by atoms with E-state index in [0.717, 1.165) is 23.0 Å². The molecule has 1 fully saturated rings. The summed E-state index contributed by atoms with van der Waals surface area (Å²) in [4.78, 5) is 16.7. The summed E-state index contributed by atoms with van der Waals surface area (Å²) >= 11 is 0. The molecule has 0 bridgehead atoms. The zero-order chi connectivity index (χ0) is 22.4. The van der Waals surface area contributed by atoms with Gasteiger partial charge in [-0.2, -0.15) is 14.8 Å². The van der Waals surface area contributed by atoms with Gasteiger partial charge in [0.2, 0.25) is 15.9 Å². The van der Waals surface area contributed by atoms with Crippen molar-refractivity contribution in [3.05, 3.63) is 59.7 Å². The highest BCUT2D eigenvalue weighted by Crippen LogP contribution is 2.18. The molecule has 1 heterocycles. The molecule has 0 unspecified atom stereocenters. The first-order valence-electron chi connectivity index (χ1n) is 9.84. The maximum Gasteiger partial charge on any atom is 0.243 e. The highest BCUT2D eigenvalue weighted by atomic mass is 32.2. The van der Waals surface area contributed by atoms with Gasteiger partial charge in [-0.05, 0) is 55.0 Å². The lowest BCUT2D eigenvalue weighted by atomic mass is 10.2. The van der Waals surface area contributed by atoms with E-state index in [4.69, 9.17) is 10.5 Å². The van der Waals surface area contributed by atoms with Crippen LogP contribution >= 0.6 is 0 Å². The maximum atomic E-state index is 12.8. The predicted molar refractivity (Wildman–Crippen MR) is 116 cm³/mol. The van der Waals surface area contributed by atoms with Crippen molar-refractivity contribution in [2.75, 3.05) is 44.7 Å². The summed E-state index contributed by atoms with van der Waals surface area (Å²) in [6.45, 7) is 2.19. The Morgan fingerprint density at radius 2 is 1.52 bits per heavy atom. The number of likely N-dealkylation sites (N-methyl/N-ethyl adjacent to an activating group) is 1. The minimum Gasteiger partial charge on any atom is -0.370 e. The molecule has 0 aliphatic carbocycles. The molecule has 0 N–H and O–H groups in total. The average Bonchev–Trinajstić information content (AvgIpc) is 3.05. The lowest BCUT2D eigenvalue weighted by Crippen LogP contribution is -2.42. The quantitative estimate of drug-likeness (QED) is 0.706. The molecular weight excluding hydrogens is 414 g/mol. The fourth-order valence-corrected chi connectivity index (χ4v) is 4.55. The number of benzene rings is 2. The summed E-state index contributed by atoms with van der Waals surface area (Å²) in [5.74, 6) is -0.249. The lowest BCUT2D eigenvalue weighted by molar-refractivity contribution is -0.131. The number of nitrogens with zero attached hydrogens (tertiary/aromatic N) is 5. The summed E-state index contributed by atoms with van der Waals surface area (Å²) < 4.78 is 26.5. The van der Waals surface area contributed by atoms with E-state index in [-0.39, 0.29) is 17.3 Å². The third-order valence-corrected chi connectivity index (χ3v) is 7.08. The summed E-state index contributed by atoms with van der Waals surface area (Å²) in [7, 11) is -2.45. The number of rotatable bonds is 5. The first-order chi connectivity index (χ1) is 14.8. The molecule has 1 aliphatic heterocycles. The SMILES string of the molecule is CN(CC(=O)N1CCCN(c2ccc(C#N)cc2)CC1)S(=O)(=O)c1ccc(C#N)cc1. The van der Waals surface area contributed by atoms with Gasteiger partial charge in [0.05, 0.1) is 34.7 Å². The number of amides is 1. The van der Waals surface area contributed by atoms with E-state index in [0.29, 0.717) is 30.8 Å². The van der Waals surface area contributed by atoms with Crippen LogP contribution in [0.2, 0.25) is 0 Å². The average molecular weight is 438 g/mol. The van der Waals surface area contributed by atoms with Gasteiger partial charge in [0.1, 0.15) is 0 Å². The number of carbonyl (C=O) groups is 1.